The normalized spacial score (nSPS) is 18.6. The maximum Gasteiger partial charge on any atom is 0.145 e. The second-order valence-corrected chi connectivity index (χ2v) is 38.1. The largest absolute Gasteiger partial charge is 0.489 e. The molecule has 0 saturated carbocycles. The number of para-hydroxylation sites is 3. The van der Waals surface area contributed by atoms with Crippen molar-refractivity contribution in [1.82, 2.24) is 34.9 Å². The van der Waals surface area contributed by atoms with Gasteiger partial charge >= 0.3 is 0 Å². The van der Waals surface area contributed by atoms with E-state index in [0.29, 0.717) is 13.0 Å². The molecular formula is C112H113N15O8S. The summed E-state index contributed by atoms with van der Waals surface area (Å²) in [4.78, 5) is 37.6. The molecule has 6 atom stereocenters. The Morgan fingerprint density at radius 3 is 1.36 bits per heavy atom. The molecule has 0 fully saturated rings. The zero-order valence-corrected chi connectivity index (χ0v) is 77.4. The number of hydrogen-bond acceptors (Lipinski definition) is 21. The zero-order valence-electron chi connectivity index (χ0n) is 76.6. The lowest BCUT2D eigenvalue weighted by molar-refractivity contribution is 0.0810. The molecule has 4 aliphatic carbocycles. The summed E-state index contributed by atoms with van der Waals surface area (Å²) < 4.78 is 25.8. The number of pyridine rings is 4. The number of thiophene rings is 1. The lowest BCUT2D eigenvalue weighted by atomic mass is 9.98. The number of nitrogens with zero attached hydrogens (tertiary/aromatic N) is 8. The number of aliphatic hydroxyl groups is 4. The summed E-state index contributed by atoms with van der Waals surface area (Å²) in [5.74, 6) is 2.67. The first-order valence-electron chi connectivity index (χ1n) is 48.1. The Morgan fingerprint density at radius 1 is 0.434 bits per heavy atom. The van der Waals surface area contributed by atoms with E-state index in [1.54, 1.807) is 37.3 Å². The quantitative estimate of drug-likeness (QED) is 0.0301. The van der Waals surface area contributed by atoms with Gasteiger partial charge in [0.1, 0.15) is 35.6 Å². The van der Waals surface area contributed by atoms with E-state index in [0.717, 1.165) is 266 Å². The number of benzene rings is 8. The van der Waals surface area contributed by atoms with Crippen molar-refractivity contribution >= 4 is 122 Å². The van der Waals surface area contributed by atoms with Crippen molar-refractivity contribution in [2.45, 2.75) is 146 Å². The van der Waals surface area contributed by atoms with E-state index in [1.165, 1.54) is 82.7 Å². The summed E-state index contributed by atoms with van der Waals surface area (Å²) in [6.45, 7) is 12.5. The molecule has 4 aliphatic heterocycles. The maximum absolute atomic E-state index is 10.2. The Hall–Kier alpha value is -14.1. The smallest absolute Gasteiger partial charge is 0.145 e. The second-order valence-electron chi connectivity index (χ2n) is 37.2. The number of aryl methyl sites for hydroxylation is 1. The van der Waals surface area contributed by atoms with Gasteiger partial charge in [-0.3, -0.25) is 19.9 Å². The lowest BCUT2D eigenvalue weighted by Crippen LogP contribution is -2.49. The number of fused-ring (bicyclic) bond motifs is 12. The molecule has 11 N–H and O–H groups in total. The SMILES string of the molecule is CCC1(C)CN(CCc2c[nH]c3ccccc23)c2ccc(Nc3ccnc4c3CCC4O)cc2O1.OC1CCc2c(Nc3ccc4c(c3)CCCN4CCc3c[nH]c4ccccc34)ccnc21.OC1CCc2c(Nc3ccc4c(c3)OC(c3ccoc3)CN4CCc3c[nH]c4ccccc34)ccnc21.OC1CCc2c(Nc3ccc4c(c3)OCCN4CCc3csc4ccccc34)ccnc21. The number of rotatable bonds is 22. The lowest BCUT2D eigenvalue weighted by Gasteiger charge is -2.42. The molecule has 136 heavy (non-hydrogen) atoms. The minimum atomic E-state index is -0.481. The number of ether oxygens (including phenoxy) is 3. The van der Waals surface area contributed by atoms with Crippen LogP contribution in [0.15, 0.2) is 266 Å². The van der Waals surface area contributed by atoms with Gasteiger partial charge in [0, 0.05) is 188 Å². The first kappa shape index (κ1) is 87.2. The fourth-order valence-electron chi connectivity index (χ4n) is 21.2. The molecule has 9 aromatic heterocycles. The van der Waals surface area contributed by atoms with Crippen molar-refractivity contribution < 1.29 is 39.1 Å². The summed E-state index contributed by atoms with van der Waals surface area (Å²) in [7, 11) is 0. The van der Waals surface area contributed by atoms with E-state index in [9.17, 15) is 20.4 Å². The van der Waals surface area contributed by atoms with E-state index in [2.05, 4.69) is 283 Å². The van der Waals surface area contributed by atoms with Gasteiger partial charge in [-0.1, -0.05) is 79.7 Å². The fraction of sp³-hybridized carbons (Fsp3) is 0.286. The highest BCUT2D eigenvalue weighted by Gasteiger charge is 2.37. The Balaban J connectivity index is 0.000000105. The zero-order chi connectivity index (χ0) is 91.7. The second kappa shape index (κ2) is 38.3. The van der Waals surface area contributed by atoms with Crippen LogP contribution in [0, 0.1) is 0 Å². The molecule has 690 valence electrons. The molecule has 0 bridgehead atoms. The minimum absolute atomic E-state index is 0.121. The predicted molar refractivity (Wildman–Crippen MR) is 545 cm³/mol. The van der Waals surface area contributed by atoms with Gasteiger partial charge in [0.2, 0.25) is 0 Å². The Kier molecular flexibility index (Phi) is 24.6. The van der Waals surface area contributed by atoms with Gasteiger partial charge in [-0.25, -0.2) is 0 Å². The van der Waals surface area contributed by atoms with E-state index < -0.39 is 24.4 Å². The highest BCUT2D eigenvalue weighted by Crippen LogP contribution is 2.48. The van der Waals surface area contributed by atoms with Gasteiger partial charge in [0.05, 0.1) is 96.4 Å². The van der Waals surface area contributed by atoms with Gasteiger partial charge in [-0.15, -0.1) is 11.3 Å². The van der Waals surface area contributed by atoms with E-state index >= 15 is 0 Å². The highest BCUT2D eigenvalue weighted by molar-refractivity contribution is 7.17. The van der Waals surface area contributed by atoms with E-state index in [1.807, 2.05) is 41.7 Å². The van der Waals surface area contributed by atoms with Gasteiger partial charge in [-0.2, -0.15) is 0 Å². The molecule has 13 heterocycles. The molecule has 0 amide bonds. The maximum atomic E-state index is 10.2. The van der Waals surface area contributed by atoms with Crippen molar-refractivity contribution in [1.29, 1.82) is 0 Å². The summed E-state index contributed by atoms with van der Waals surface area (Å²) in [6.07, 6.45) is 28.5. The monoisotopic (exact) mass is 1830 g/mol. The van der Waals surface area contributed by atoms with Gasteiger partial charge < -0.3 is 94.9 Å². The Labute approximate surface area is 794 Å². The first-order chi connectivity index (χ1) is 66.8. The number of aromatic amines is 3. The van der Waals surface area contributed by atoms with Crippen molar-refractivity contribution in [3.05, 3.63) is 340 Å². The third-order valence-corrected chi connectivity index (χ3v) is 29.6. The van der Waals surface area contributed by atoms with Crippen molar-refractivity contribution in [3.63, 3.8) is 0 Å². The molecular weight excluding hydrogens is 1720 g/mol. The van der Waals surface area contributed by atoms with Gasteiger partial charge in [0.25, 0.3) is 0 Å². The van der Waals surface area contributed by atoms with Crippen LogP contribution in [0.5, 0.6) is 17.2 Å². The fourth-order valence-corrected chi connectivity index (χ4v) is 22.2. The van der Waals surface area contributed by atoms with Crippen LogP contribution in [-0.2, 0) is 57.8 Å². The van der Waals surface area contributed by atoms with Crippen molar-refractivity contribution in [2.75, 3.05) is 99.8 Å². The number of hydrogen-bond donors (Lipinski definition) is 11. The summed E-state index contributed by atoms with van der Waals surface area (Å²) >= 11 is 1.83. The van der Waals surface area contributed by atoms with Crippen LogP contribution >= 0.6 is 11.3 Å². The summed E-state index contributed by atoms with van der Waals surface area (Å²) in [5.41, 5.74) is 31.7. The number of aromatic nitrogens is 7. The molecule has 23 nitrogen and oxygen atoms in total. The predicted octanol–water partition coefficient (Wildman–Crippen LogP) is 22.7. The van der Waals surface area contributed by atoms with Crippen molar-refractivity contribution in [2.24, 2.45) is 0 Å². The first-order valence-corrected chi connectivity index (χ1v) is 49.0. The summed E-state index contributed by atoms with van der Waals surface area (Å²) in [6, 6.07) is 69.8. The highest BCUT2D eigenvalue weighted by atomic mass is 32.1. The van der Waals surface area contributed by atoms with Crippen LogP contribution in [0.25, 0.3) is 42.8 Å². The Morgan fingerprint density at radius 2 is 0.860 bits per heavy atom. The summed E-state index contributed by atoms with van der Waals surface area (Å²) in [5, 5.41) is 62.5. The standard InChI is InChI=1S/C30H28N4O3.C29H32N4O2.C27H28N4O.C26H25N3O2S/c35-27-8-6-23-25(9-12-31-30(23)27)33-21-5-7-26-28(15-21)37-29(20-11-14-36-18-20)17-34(26)13-10-19-16-32-24-4-2-1-3-22(19)24;1-3-29(2)18-33(15-13-19-17-31-23-7-5-4-6-21(19)23)25-10-8-20(16-27(25)35-29)32-24-12-14-30-28-22(24)9-11-26(28)34;32-26-10-8-22-24(11-13-28-27(22)26)30-20-7-9-25-18(16-20)4-3-14-31(25)15-12-19-17-29-23-6-2-1-5-21(19)23;30-23-8-6-20-21(9-11-27-26(20)23)28-18-5-7-22-24(15-18)31-14-13-29(22)12-10-17-16-32-25-4-2-1-3-19(17)25/h1-5,7,9,11-12,14-16,18,27,29,32,35H,6,8,10,13,17H2,(H,31,33);4-8,10,12,14,16-17,26,31,34H,3,9,11,13,15,18H2,1-2H3,(H,30,32);1-2,5-7,9,11,13,16-17,26,29,32H,3-4,8,10,12,14-15H2,(H,28,30);1-5,7,9,11,15-16,23,30H,6,8,10,12-14H2,(H,27,28). The number of H-pyrrole nitrogens is 3. The Bertz CT molecular complexity index is 6990. The molecule has 8 aliphatic rings. The molecule has 8 aromatic carbocycles. The van der Waals surface area contributed by atoms with Crippen LogP contribution < -0.4 is 55.1 Å². The van der Waals surface area contributed by atoms with Crippen LogP contribution in [0.1, 0.15) is 161 Å². The van der Waals surface area contributed by atoms with Crippen LogP contribution in [-0.4, -0.2) is 120 Å². The third kappa shape index (κ3) is 18.1. The average molecular weight is 1830 g/mol. The van der Waals surface area contributed by atoms with Crippen molar-refractivity contribution in [3.8, 4) is 17.2 Å². The number of anilines is 12. The molecule has 0 saturated heterocycles. The van der Waals surface area contributed by atoms with Crippen LogP contribution in [0.3, 0.4) is 0 Å². The topological polar surface area (TPSA) is 282 Å². The molecule has 24 heteroatoms. The minimum Gasteiger partial charge on any atom is -0.489 e. The molecule has 0 radical (unpaired) electrons. The average Bonchev–Trinajstić information content (AvgIpc) is 0.945. The third-order valence-electron chi connectivity index (χ3n) is 28.6. The molecule has 6 unspecified atom stereocenters. The number of nitrogens with one attached hydrogen (secondary N) is 7. The van der Waals surface area contributed by atoms with Crippen LogP contribution in [0.2, 0.25) is 0 Å². The number of furan rings is 1. The van der Waals surface area contributed by atoms with Crippen LogP contribution in [0.4, 0.5) is 68.2 Å². The van der Waals surface area contributed by atoms with E-state index in [-0.39, 0.29) is 11.7 Å². The molecule has 17 aromatic rings. The van der Waals surface area contributed by atoms with Gasteiger partial charge in [-0.05, 0) is 273 Å². The number of aliphatic hydroxyl groups excluding tert-OH is 4. The van der Waals surface area contributed by atoms with E-state index in [4.69, 9.17) is 18.6 Å². The molecule has 25 rings (SSSR count). The van der Waals surface area contributed by atoms with Gasteiger partial charge in [0.15, 0.2) is 0 Å². The molecule has 0 spiro atoms.